The Morgan fingerprint density at radius 2 is 2.15 bits per heavy atom. The number of hydrogen-bond donors (Lipinski definition) is 2. The molecule has 1 aromatic rings. The molecule has 1 aliphatic rings. The standard InChI is InChI=1S/C13H20FN3O2S/c1-2-17(10-6-7-10)9-8-16-20(18,19)12-5-3-4-11(14)13(12)15/h3-5,10,16H,2,6-9,15H2,1H3. The van der Waals surface area contributed by atoms with Crippen LogP contribution in [0, 0.1) is 5.82 Å². The van der Waals surface area contributed by atoms with Gasteiger partial charge in [-0.15, -0.1) is 0 Å². The summed E-state index contributed by atoms with van der Waals surface area (Å²) < 4.78 is 39.9. The number of nitrogens with two attached hydrogens (primary N) is 1. The molecule has 7 heteroatoms. The van der Waals surface area contributed by atoms with Crippen molar-refractivity contribution in [2.45, 2.75) is 30.7 Å². The third-order valence-corrected chi connectivity index (χ3v) is 4.98. The van der Waals surface area contributed by atoms with Crippen molar-refractivity contribution in [3.63, 3.8) is 0 Å². The molecule has 0 amide bonds. The number of hydrogen-bond acceptors (Lipinski definition) is 4. The van der Waals surface area contributed by atoms with E-state index < -0.39 is 15.8 Å². The Bertz CT molecular complexity index is 573. The number of rotatable bonds is 7. The molecule has 112 valence electrons. The first kappa shape index (κ1) is 15.2. The zero-order chi connectivity index (χ0) is 14.8. The van der Waals surface area contributed by atoms with E-state index in [1.807, 2.05) is 0 Å². The quantitative estimate of drug-likeness (QED) is 0.741. The lowest BCUT2D eigenvalue weighted by Crippen LogP contribution is -2.36. The molecule has 0 spiro atoms. The summed E-state index contributed by atoms with van der Waals surface area (Å²) >= 11 is 0. The van der Waals surface area contributed by atoms with Crippen molar-refractivity contribution in [3.8, 4) is 0 Å². The molecule has 3 N–H and O–H groups in total. The summed E-state index contributed by atoms with van der Waals surface area (Å²) in [6, 6.07) is 4.37. The van der Waals surface area contributed by atoms with Gasteiger partial charge in [0, 0.05) is 19.1 Å². The molecular weight excluding hydrogens is 281 g/mol. The van der Waals surface area contributed by atoms with E-state index in [0.717, 1.165) is 12.6 Å². The van der Waals surface area contributed by atoms with Crippen LogP contribution in [0.5, 0.6) is 0 Å². The van der Waals surface area contributed by atoms with Crippen LogP contribution in [-0.4, -0.2) is 39.0 Å². The van der Waals surface area contributed by atoms with Gasteiger partial charge in [0.15, 0.2) is 0 Å². The minimum Gasteiger partial charge on any atom is -0.395 e. The number of anilines is 1. The molecule has 5 nitrogen and oxygen atoms in total. The van der Waals surface area contributed by atoms with Crippen LogP contribution in [0.3, 0.4) is 0 Å². The number of nitrogens with zero attached hydrogens (tertiary/aromatic N) is 1. The van der Waals surface area contributed by atoms with Crippen LogP contribution in [0.2, 0.25) is 0 Å². The van der Waals surface area contributed by atoms with E-state index in [4.69, 9.17) is 5.73 Å². The Morgan fingerprint density at radius 3 is 2.75 bits per heavy atom. The highest BCUT2D eigenvalue weighted by molar-refractivity contribution is 7.89. The molecule has 0 atom stereocenters. The number of sulfonamides is 1. The van der Waals surface area contributed by atoms with Gasteiger partial charge in [-0.3, -0.25) is 4.90 Å². The third-order valence-electron chi connectivity index (χ3n) is 3.46. The van der Waals surface area contributed by atoms with E-state index in [-0.39, 0.29) is 10.6 Å². The van der Waals surface area contributed by atoms with Gasteiger partial charge in [0.1, 0.15) is 10.7 Å². The molecule has 0 bridgehead atoms. The Labute approximate surface area is 119 Å². The largest absolute Gasteiger partial charge is 0.395 e. The van der Waals surface area contributed by atoms with Crippen LogP contribution in [-0.2, 0) is 10.0 Å². The first-order chi connectivity index (χ1) is 9.45. The van der Waals surface area contributed by atoms with E-state index in [1.165, 1.54) is 25.0 Å². The fraction of sp³-hybridized carbons (Fsp3) is 0.538. The van der Waals surface area contributed by atoms with E-state index in [0.29, 0.717) is 19.1 Å². The van der Waals surface area contributed by atoms with Crippen LogP contribution in [0.4, 0.5) is 10.1 Å². The van der Waals surface area contributed by atoms with Crippen molar-refractivity contribution < 1.29 is 12.8 Å². The van der Waals surface area contributed by atoms with Crippen LogP contribution in [0.1, 0.15) is 19.8 Å². The summed E-state index contributed by atoms with van der Waals surface area (Å²) in [5.41, 5.74) is 5.14. The van der Waals surface area contributed by atoms with Gasteiger partial charge in [0.25, 0.3) is 0 Å². The fourth-order valence-electron chi connectivity index (χ4n) is 2.19. The normalized spacial score (nSPS) is 15.8. The lowest BCUT2D eigenvalue weighted by Gasteiger charge is -2.19. The molecule has 20 heavy (non-hydrogen) atoms. The Morgan fingerprint density at radius 1 is 1.45 bits per heavy atom. The van der Waals surface area contributed by atoms with Crippen molar-refractivity contribution in [3.05, 3.63) is 24.0 Å². The van der Waals surface area contributed by atoms with E-state index >= 15 is 0 Å². The number of nitrogen functional groups attached to an aromatic ring is 1. The maximum absolute atomic E-state index is 13.3. The van der Waals surface area contributed by atoms with Crippen molar-refractivity contribution in [1.82, 2.24) is 9.62 Å². The third kappa shape index (κ3) is 3.47. The number of para-hydroxylation sites is 1. The second-order valence-electron chi connectivity index (χ2n) is 4.91. The van der Waals surface area contributed by atoms with Gasteiger partial charge < -0.3 is 5.73 Å². The second kappa shape index (κ2) is 6.07. The van der Waals surface area contributed by atoms with Crippen LogP contribution < -0.4 is 10.5 Å². The first-order valence-corrected chi connectivity index (χ1v) is 8.21. The maximum Gasteiger partial charge on any atom is 0.242 e. The summed E-state index contributed by atoms with van der Waals surface area (Å²) in [5, 5.41) is 0. The van der Waals surface area contributed by atoms with Gasteiger partial charge in [-0.2, -0.15) is 0 Å². The zero-order valence-electron chi connectivity index (χ0n) is 11.5. The van der Waals surface area contributed by atoms with Gasteiger partial charge >= 0.3 is 0 Å². The minimum atomic E-state index is -3.76. The van der Waals surface area contributed by atoms with Crippen LogP contribution >= 0.6 is 0 Å². The lowest BCUT2D eigenvalue weighted by molar-refractivity contribution is 0.282. The highest BCUT2D eigenvalue weighted by atomic mass is 32.2. The summed E-state index contributed by atoms with van der Waals surface area (Å²) in [7, 11) is -3.76. The molecule has 0 aromatic heterocycles. The number of nitrogens with one attached hydrogen (secondary N) is 1. The van der Waals surface area contributed by atoms with E-state index in [1.54, 1.807) is 0 Å². The SMILES string of the molecule is CCN(CCNS(=O)(=O)c1cccc(F)c1N)C1CC1. The van der Waals surface area contributed by atoms with Gasteiger partial charge in [-0.05, 0) is 31.5 Å². The van der Waals surface area contributed by atoms with Gasteiger partial charge in [0.2, 0.25) is 10.0 Å². The van der Waals surface area contributed by atoms with Crippen LogP contribution in [0.15, 0.2) is 23.1 Å². The molecule has 1 fully saturated rings. The van der Waals surface area contributed by atoms with Gasteiger partial charge in [-0.1, -0.05) is 13.0 Å². The molecule has 0 aliphatic heterocycles. The van der Waals surface area contributed by atoms with Crippen molar-refractivity contribution >= 4 is 15.7 Å². The maximum atomic E-state index is 13.3. The lowest BCUT2D eigenvalue weighted by atomic mass is 10.3. The molecule has 1 aliphatic carbocycles. The molecule has 1 saturated carbocycles. The number of likely N-dealkylation sites (N-methyl/N-ethyl adjacent to an activating group) is 1. The molecular formula is C13H20FN3O2S. The van der Waals surface area contributed by atoms with E-state index in [9.17, 15) is 12.8 Å². The molecule has 2 rings (SSSR count). The fourth-order valence-corrected chi connectivity index (χ4v) is 3.35. The highest BCUT2D eigenvalue weighted by Crippen LogP contribution is 2.26. The monoisotopic (exact) mass is 301 g/mol. The van der Waals surface area contributed by atoms with Crippen molar-refractivity contribution in [1.29, 1.82) is 0 Å². The number of benzene rings is 1. The van der Waals surface area contributed by atoms with Gasteiger partial charge in [-0.25, -0.2) is 17.5 Å². The summed E-state index contributed by atoms with van der Waals surface area (Å²) in [5.74, 6) is -0.721. The smallest absolute Gasteiger partial charge is 0.242 e. The molecule has 0 heterocycles. The summed E-state index contributed by atoms with van der Waals surface area (Å²) in [6.45, 7) is 3.89. The second-order valence-corrected chi connectivity index (χ2v) is 6.64. The average Bonchev–Trinajstić information content (AvgIpc) is 3.22. The van der Waals surface area contributed by atoms with Crippen LogP contribution in [0.25, 0.3) is 0 Å². The first-order valence-electron chi connectivity index (χ1n) is 6.73. The molecule has 0 radical (unpaired) electrons. The predicted molar refractivity (Wildman–Crippen MR) is 76.3 cm³/mol. The Kier molecular flexibility index (Phi) is 4.62. The predicted octanol–water partition coefficient (Wildman–Crippen LogP) is 1.17. The average molecular weight is 301 g/mol. The molecule has 0 unspecified atom stereocenters. The topological polar surface area (TPSA) is 75.4 Å². The highest BCUT2D eigenvalue weighted by Gasteiger charge is 2.27. The Balaban J connectivity index is 1.98. The molecule has 1 aromatic carbocycles. The Hall–Kier alpha value is -1.18. The van der Waals surface area contributed by atoms with Crippen molar-refractivity contribution in [2.24, 2.45) is 0 Å². The summed E-state index contributed by atoms with van der Waals surface area (Å²) in [4.78, 5) is 2.03. The van der Waals surface area contributed by atoms with E-state index in [2.05, 4.69) is 16.5 Å². The molecule has 0 saturated heterocycles. The number of halogens is 1. The van der Waals surface area contributed by atoms with Gasteiger partial charge in [0.05, 0.1) is 5.69 Å². The van der Waals surface area contributed by atoms with Crippen molar-refractivity contribution in [2.75, 3.05) is 25.4 Å². The minimum absolute atomic E-state index is 0.202. The zero-order valence-corrected chi connectivity index (χ0v) is 12.3. The summed E-state index contributed by atoms with van der Waals surface area (Å²) in [6.07, 6.45) is 2.36.